The minimum Gasteiger partial charge on any atom is -0.497 e. The van der Waals surface area contributed by atoms with E-state index in [0.29, 0.717) is 15.9 Å². The van der Waals surface area contributed by atoms with E-state index in [1.165, 1.54) is 11.8 Å². The van der Waals surface area contributed by atoms with Crippen molar-refractivity contribution >= 4 is 35.0 Å². The third-order valence-electron chi connectivity index (χ3n) is 3.95. The fraction of sp³-hybridized carbons (Fsp3) is 0.211. The first kappa shape index (κ1) is 19.3. The Labute approximate surface area is 166 Å². The van der Waals surface area contributed by atoms with Gasteiger partial charge in [-0.25, -0.2) is 0 Å². The number of carbonyl (C=O) groups excluding carboxylic acids is 1. The number of benzene rings is 2. The number of anilines is 1. The molecule has 0 aliphatic rings. The maximum atomic E-state index is 12.5. The molecule has 0 saturated carbocycles. The van der Waals surface area contributed by atoms with Gasteiger partial charge < -0.3 is 14.6 Å². The maximum absolute atomic E-state index is 12.5. The second-order valence-corrected chi connectivity index (χ2v) is 7.59. The van der Waals surface area contributed by atoms with Gasteiger partial charge in [0.2, 0.25) is 5.91 Å². The van der Waals surface area contributed by atoms with Crippen LogP contribution in [0.3, 0.4) is 0 Å². The average Bonchev–Trinajstić information content (AvgIpc) is 3.03. The van der Waals surface area contributed by atoms with Crippen molar-refractivity contribution in [3.63, 3.8) is 0 Å². The Kier molecular flexibility index (Phi) is 6.03. The molecule has 0 aliphatic heterocycles. The Morgan fingerprint density at radius 1 is 1.15 bits per heavy atom. The van der Waals surface area contributed by atoms with Gasteiger partial charge in [0.05, 0.1) is 12.4 Å². The van der Waals surface area contributed by atoms with E-state index in [-0.39, 0.29) is 11.2 Å². The summed E-state index contributed by atoms with van der Waals surface area (Å²) in [5.74, 6) is 1.35. The molecule has 3 aromatic rings. The topological polar surface area (TPSA) is 69.0 Å². The standard InChI is InChI=1S/C19H19ClN4O2S/c1-12(18(25)21-15-8-10-16(26-3)11-9-15)27-19-23-22-17(24(19)2)13-4-6-14(20)7-5-13/h4-12H,1-3H3,(H,21,25). The first-order chi connectivity index (χ1) is 13.0. The SMILES string of the molecule is COc1ccc(NC(=O)C(C)Sc2nnc(-c3ccc(Cl)cc3)n2C)cc1. The quantitative estimate of drug-likeness (QED) is 0.624. The van der Waals surface area contributed by atoms with Crippen LogP contribution in [-0.2, 0) is 11.8 Å². The average molecular weight is 403 g/mol. The van der Waals surface area contributed by atoms with Gasteiger partial charge in [-0.3, -0.25) is 4.79 Å². The van der Waals surface area contributed by atoms with Crippen LogP contribution in [0.25, 0.3) is 11.4 Å². The van der Waals surface area contributed by atoms with Crippen LogP contribution in [0.5, 0.6) is 5.75 Å². The number of amides is 1. The first-order valence-electron chi connectivity index (χ1n) is 8.25. The van der Waals surface area contributed by atoms with Gasteiger partial charge in [0.15, 0.2) is 11.0 Å². The third kappa shape index (κ3) is 4.61. The summed E-state index contributed by atoms with van der Waals surface area (Å²) in [5, 5.41) is 12.3. The van der Waals surface area contributed by atoms with E-state index in [1.54, 1.807) is 31.4 Å². The molecule has 0 fully saturated rings. The number of carbonyl (C=O) groups is 1. The van der Waals surface area contributed by atoms with Crippen molar-refractivity contribution in [3.8, 4) is 17.1 Å². The summed E-state index contributed by atoms with van der Waals surface area (Å²) in [7, 11) is 3.48. The molecular formula is C19H19ClN4O2S. The zero-order valence-electron chi connectivity index (χ0n) is 15.1. The lowest BCUT2D eigenvalue weighted by atomic mass is 10.2. The third-order valence-corrected chi connectivity index (χ3v) is 5.33. The van der Waals surface area contributed by atoms with Crippen molar-refractivity contribution < 1.29 is 9.53 Å². The number of methoxy groups -OCH3 is 1. The van der Waals surface area contributed by atoms with Gasteiger partial charge in [0.1, 0.15) is 5.75 Å². The number of hydrogen-bond donors (Lipinski definition) is 1. The molecule has 0 aliphatic carbocycles. The highest BCUT2D eigenvalue weighted by Gasteiger charge is 2.19. The molecule has 140 valence electrons. The zero-order chi connectivity index (χ0) is 19.4. The van der Waals surface area contributed by atoms with E-state index < -0.39 is 0 Å². The zero-order valence-corrected chi connectivity index (χ0v) is 16.7. The molecule has 8 heteroatoms. The predicted octanol–water partition coefficient (Wildman–Crippen LogP) is 4.26. The summed E-state index contributed by atoms with van der Waals surface area (Å²) >= 11 is 7.28. The summed E-state index contributed by atoms with van der Waals surface area (Å²) in [6.07, 6.45) is 0. The van der Waals surface area contributed by atoms with Gasteiger partial charge in [-0.1, -0.05) is 23.4 Å². The smallest absolute Gasteiger partial charge is 0.237 e. The molecule has 0 bridgehead atoms. The number of hydrogen-bond acceptors (Lipinski definition) is 5. The highest BCUT2D eigenvalue weighted by Crippen LogP contribution is 2.27. The van der Waals surface area contributed by atoms with Crippen molar-refractivity contribution in [2.24, 2.45) is 7.05 Å². The summed E-state index contributed by atoms with van der Waals surface area (Å²) in [5.41, 5.74) is 1.63. The van der Waals surface area contributed by atoms with Gasteiger partial charge in [0, 0.05) is 23.3 Å². The Hall–Kier alpha value is -2.51. The number of nitrogens with zero attached hydrogens (tertiary/aromatic N) is 3. The number of rotatable bonds is 6. The fourth-order valence-electron chi connectivity index (χ4n) is 2.40. The van der Waals surface area contributed by atoms with Crippen LogP contribution in [0.1, 0.15) is 6.92 Å². The second-order valence-electron chi connectivity index (χ2n) is 5.85. The minimum atomic E-state index is -0.340. The summed E-state index contributed by atoms with van der Waals surface area (Å²) in [6.45, 7) is 1.83. The molecule has 0 radical (unpaired) electrons. The van der Waals surface area contributed by atoms with Crippen LogP contribution >= 0.6 is 23.4 Å². The number of halogens is 1. The minimum absolute atomic E-state index is 0.110. The molecular weight excluding hydrogens is 384 g/mol. The first-order valence-corrected chi connectivity index (χ1v) is 9.50. The number of nitrogens with one attached hydrogen (secondary N) is 1. The molecule has 0 saturated heterocycles. The van der Waals surface area contributed by atoms with Gasteiger partial charge >= 0.3 is 0 Å². The van der Waals surface area contributed by atoms with Crippen LogP contribution in [0.4, 0.5) is 5.69 Å². The largest absolute Gasteiger partial charge is 0.497 e. The Morgan fingerprint density at radius 3 is 2.44 bits per heavy atom. The molecule has 27 heavy (non-hydrogen) atoms. The van der Waals surface area contributed by atoms with Gasteiger partial charge in [-0.15, -0.1) is 10.2 Å². The van der Waals surface area contributed by atoms with E-state index in [0.717, 1.165) is 17.1 Å². The van der Waals surface area contributed by atoms with Gasteiger partial charge in [-0.2, -0.15) is 0 Å². The lowest BCUT2D eigenvalue weighted by Gasteiger charge is -2.12. The van der Waals surface area contributed by atoms with Crippen LogP contribution in [0, 0.1) is 0 Å². The Balaban J connectivity index is 1.67. The molecule has 1 atom stereocenters. The molecule has 6 nitrogen and oxygen atoms in total. The molecule has 3 rings (SSSR count). The number of aromatic nitrogens is 3. The van der Waals surface area contributed by atoms with E-state index in [1.807, 2.05) is 42.8 Å². The van der Waals surface area contributed by atoms with Crippen molar-refractivity contribution in [1.29, 1.82) is 0 Å². The van der Waals surface area contributed by atoms with Crippen LogP contribution in [0.15, 0.2) is 53.7 Å². The summed E-state index contributed by atoms with van der Waals surface area (Å²) in [4.78, 5) is 12.5. The molecule has 1 unspecified atom stereocenters. The molecule has 1 amide bonds. The van der Waals surface area contributed by atoms with Crippen molar-refractivity contribution in [3.05, 3.63) is 53.6 Å². The number of ether oxygens (including phenoxy) is 1. The lowest BCUT2D eigenvalue weighted by molar-refractivity contribution is -0.115. The van der Waals surface area contributed by atoms with Crippen molar-refractivity contribution in [2.45, 2.75) is 17.3 Å². The monoisotopic (exact) mass is 402 g/mol. The van der Waals surface area contributed by atoms with Crippen LogP contribution in [0.2, 0.25) is 5.02 Å². The molecule has 2 aromatic carbocycles. The molecule has 1 N–H and O–H groups in total. The normalized spacial score (nSPS) is 11.9. The number of thioether (sulfide) groups is 1. The van der Waals surface area contributed by atoms with Crippen LogP contribution in [-0.4, -0.2) is 33.0 Å². The Bertz CT molecular complexity index is 926. The fourth-order valence-corrected chi connectivity index (χ4v) is 3.34. The van der Waals surface area contributed by atoms with E-state index in [4.69, 9.17) is 16.3 Å². The van der Waals surface area contributed by atoms with E-state index in [2.05, 4.69) is 15.5 Å². The molecule has 1 aromatic heterocycles. The summed E-state index contributed by atoms with van der Waals surface area (Å²) in [6, 6.07) is 14.6. The molecule has 1 heterocycles. The van der Waals surface area contributed by atoms with E-state index in [9.17, 15) is 4.79 Å². The predicted molar refractivity (Wildman–Crippen MR) is 108 cm³/mol. The van der Waals surface area contributed by atoms with E-state index >= 15 is 0 Å². The van der Waals surface area contributed by atoms with Gasteiger partial charge in [0.25, 0.3) is 0 Å². The van der Waals surface area contributed by atoms with Crippen molar-refractivity contribution in [1.82, 2.24) is 14.8 Å². The second kappa shape index (κ2) is 8.45. The Morgan fingerprint density at radius 2 is 1.81 bits per heavy atom. The highest BCUT2D eigenvalue weighted by atomic mass is 35.5. The van der Waals surface area contributed by atoms with Gasteiger partial charge in [-0.05, 0) is 55.5 Å². The highest BCUT2D eigenvalue weighted by molar-refractivity contribution is 8.00. The van der Waals surface area contributed by atoms with Crippen LogP contribution < -0.4 is 10.1 Å². The summed E-state index contributed by atoms with van der Waals surface area (Å²) < 4.78 is 6.98. The maximum Gasteiger partial charge on any atom is 0.237 e. The lowest BCUT2D eigenvalue weighted by Crippen LogP contribution is -2.22. The van der Waals surface area contributed by atoms with Crippen molar-refractivity contribution in [2.75, 3.05) is 12.4 Å². The molecule has 0 spiro atoms.